The van der Waals surface area contributed by atoms with Crippen LogP contribution >= 0.6 is 11.8 Å². The van der Waals surface area contributed by atoms with E-state index in [2.05, 4.69) is 4.98 Å². The average molecular weight is 487 g/mol. The number of benzene rings is 2. The third-order valence-corrected chi connectivity index (χ3v) is 8.79. The Morgan fingerprint density at radius 1 is 1.00 bits per heavy atom. The highest BCUT2D eigenvalue weighted by Gasteiger charge is 2.31. The second-order valence-corrected chi connectivity index (χ2v) is 11.1. The van der Waals surface area contributed by atoms with E-state index < -0.39 is 15.8 Å². The van der Waals surface area contributed by atoms with Gasteiger partial charge in [0.15, 0.2) is 0 Å². The maximum atomic E-state index is 13.1. The molecule has 1 aromatic heterocycles. The van der Waals surface area contributed by atoms with Gasteiger partial charge in [-0.15, -0.1) is 0 Å². The van der Waals surface area contributed by atoms with Crippen LogP contribution in [0.15, 0.2) is 58.5 Å². The van der Waals surface area contributed by atoms with Crippen LogP contribution in [0.25, 0.3) is 10.9 Å². The van der Waals surface area contributed by atoms with Gasteiger partial charge in [0.2, 0.25) is 15.9 Å². The van der Waals surface area contributed by atoms with Crippen molar-refractivity contribution < 1.29 is 17.6 Å². The molecule has 10 heteroatoms. The van der Waals surface area contributed by atoms with Gasteiger partial charge in [0.05, 0.1) is 16.2 Å². The number of sulfonamides is 1. The first kappa shape index (κ1) is 22.2. The number of rotatable bonds is 6. The van der Waals surface area contributed by atoms with Gasteiger partial charge in [-0.2, -0.15) is 4.31 Å². The van der Waals surface area contributed by atoms with Crippen LogP contribution in [0.1, 0.15) is 24.6 Å². The fourth-order valence-corrected chi connectivity index (χ4v) is 6.20. The standard InChI is InChI=1S/C23H23FN4O3S2/c24-17-7-9-18(10-8-17)33(30,31)28-13-11-27(12-14-28)21(29)15-32-23-19-3-1-2-4-20(19)25-22(26-23)16-5-6-16/h1-4,7-10,16H,5-6,11-15H2. The van der Waals surface area contributed by atoms with Crippen LogP contribution in [0.4, 0.5) is 4.39 Å². The number of carbonyl (C=O) groups excluding carboxylic acids is 1. The molecule has 0 spiro atoms. The van der Waals surface area contributed by atoms with E-state index in [4.69, 9.17) is 4.98 Å². The van der Waals surface area contributed by atoms with Crippen LogP contribution in [-0.4, -0.2) is 65.4 Å². The molecule has 2 heterocycles. The number of hydrogen-bond donors (Lipinski definition) is 0. The molecule has 0 radical (unpaired) electrons. The molecule has 2 fully saturated rings. The Hall–Kier alpha value is -2.56. The Kier molecular flexibility index (Phi) is 6.07. The Bertz CT molecular complexity index is 1290. The fraction of sp³-hybridized carbons (Fsp3) is 0.348. The maximum Gasteiger partial charge on any atom is 0.243 e. The van der Waals surface area contributed by atoms with Crippen molar-refractivity contribution in [2.24, 2.45) is 0 Å². The number of nitrogens with zero attached hydrogens (tertiary/aromatic N) is 4. The van der Waals surface area contributed by atoms with Crippen molar-refractivity contribution >= 4 is 38.6 Å². The first-order chi connectivity index (χ1) is 15.9. The van der Waals surface area contributed by atoms with Crippen molar-refractivity contribution in [1.82, 2.24) is 19.2 Å². The molecule has 7 nitrogen and oxygen atoms in total. The third kappa shape index (κ3) is 4.73. The number of thioether (sulfide) groups is 1. The minimum atomic E-state index is -3.71. The third-order valence-electron chi connectivity index (χ3n) is 5.90. The summed E-state index contributed by atoms with van der Waals surface area (Å²) in [6, 6.07) is 12.6. The van der Waals surface area contributed by atoms with Crippen molar-refractivity contribution in [3.05, 3.63) is 60.2 Å². The van der Waals surface area contributed by atoms with Gasteiger partial charge in [0.25, 0.3) is 0 Å². The van der Waals surface area contributed by atoms with Gasteiger partial charge in [-0.3, -0.25) is 4.79 Å². The second kappa shape index (κ2) is 9.00. The molecule has 1 saturated carbocycles. The predicted octanol–water partition coefficient (Wildman–Crippen LogP) is 3.27. The van der Waals surface area contributed by atoms with Crippen molar-refractivity contribution in [2.75, 3.05) is 31.9 Å². The predicted molar refractivity (Wildman–Crippen MR) is 124 cm³/mol. The molecule has 3 aromatic rings. The summed E-state index contributed by atoms with van der Waals surface area (Å²) in [7, 11) is -3.71. The van der Waals surface area contributed by atoms with Crippen LogP contribution in [0.3, 0.4) is 0 Å². The topological polar surface area (TPSA) is 83.5 Å². The second-order valence-electron chi connectivity index (χ2n) is 8.21. The van der Waals surface area contributed by atoms with Crippen LogP contribution in [-0.2, 0) is 14.8 Å². The lowest BCUT2D eigenvalue weighted by Crippen LogP contribution is -2.50. The molecular formula is C23H23FN4O3S2. The zero-order valence-corrected chi connectivity index (χ0v) is 19.5. The quantitative estimate of drug-likeness (QED) is 0.393. The fourth-order valence-electron chi connectivity index (χ4n) is 3.85. The number of amides is 1. The minimum Gasteiger partial charge on any atom is -0.339 e. The molecule has 0 unspecified atom stereocenters. The van der Waals surface area contributed by atoms with E-state index in [-0.39, 0.29) is 29.6 Å². The van der Waals surface area contributed by atoms with Gasteiger partial charge < -0.3 is 4.90 Å². The first-order valence-electron chi connectivity index (χ1n) is 10.8. The lowest BCUT2D eigenvalue weighted by Gasteiger charge is -2.34. The van der Waals surface area contributed by atoms with E-state index in [9.17, 15) is 17.6 Å². The zero-order chi connectivity index (χ0) is 23.0. The van der Waals surface area contributed by atoms with E-state index in [1.807, 2.05) is 24.3 Å². The van der Waals surface area contributed by atoms with Crippen molar-refractivity contribution in [3.8, 4) is 0 Å². The summed E-state index contributed by atoms with van der Waals surface area (Å²) in [4.78, 5) is 24.0. The number of halogens is 1. The Morgan fingerprint density at radius 3 is 2.39 bits per heavy atom. The molecular weight excluding hydrogens is 463 g/mol. The summed E-state index contributed by atoms with van der Waals surface area (Å²) in [5.74, 6) is 0.969. The molecule has 33 heavy (non-hydrogen) atoms. The monoisotopic (exact) mass is 486 g/mol. The number of para-hydroxylation sites is 1. The van der Waals surface area contributed by atoms with Crippen LogP contribution < -0.4 is 0 Å². The summed E-state index contributed by atoms with van der Waals surface area (Å²) in [6.07, 6.45) is 2.21. The molecule has 1 aliphatic carbocycles. The molecule has 1 amide bonds. The molecule has 1 saturated heterocycles. The van der Waals surface area contributed by atoms with Gasteiger partial charge in [0, 0.05) is 37.5 Å². The van der Waals surface area contributed by atoms with Gasteiger partial charge in [-0.25, -0.2) is 22.8 Å². The molecule has 2 aromatic carbocycles. The van der Waals surface area contributed by atoms with Crippen LogP contribution in [0.5, 0.6) is 0 Å². The highest BCUT2D eigenvalue weighted by molar-refractivity contribution is 8.00. The summed E-state index contributed by atoms with van der Waals surface area (Å²) in [5.41, 5.74) is 0.893. The molecule has 1 aliphatic heterocycles. The summed E-state index contributed by atoms with van der Waals surface area (Å²) < 4.78 is 40.1. The zero-order valence-electron chi connectivity index (χ0n) is 17.9. The van der Waals surface area contributed by atoms with E-state index in [0.29, 0.717) is 19.0 Å². The SMILES string of the molecule is O=C(CSc1nc(C2CC2)nc2ccccc12)N1CCN(S(=O)(=O)c2ccc(F)cc2)CC1. The minimum absolute atomic E-state index is 0.0468. The summed E-state index contributed by atoms with van der Waals surface area (Å²) in [6.45, 7) is 1.05. The molecule has 5 rings (SSSR count). The van der Waals surface area contributed by atoms with Gasteiger partial charge in [-0.05, 0) is 43.2 Å². The van der Waals surface area contributed by atoms with E-state index in [1.165, 1.54) is 28.2 Å². The van der Waals surface area contributed by atoms with E-state index >= 15 is 0 Å². The van der Waals surface area contributed by atoms with Gasteiger partial charge in [-0.1, -0.05) is 30.0 Å². The summed E-state index contributed by atoms with van der Waals surface area (Å²) >= 11 is 1.41. The van der Waals surface area contributed by atoms with Crippen LogP contribution in [0.2, 0.25) is 0 Å². The molecule has 172 valence electrons. The van der Waals surface area contributed by atoms with Crippen LogP contribution in [0, 0.1) is 5.82 Å². The highest BCUT2D eigenvalue weighted by Crippen LogP contribution is 2.39. The number of hydrogen-bond acceptors (Lipinski definition) is 6. The molecule has 0 bridgehead atoms. The first-order valence-corrected chi connectivity index (χ1v) is 13.3. The average Bonchev–Trinajstić information content (AvgIpc) is 3.68. The maximum absolute atomic E-state index is 13.1. The van der Waals surface area contributed by atoms with E-state index in [1.54, 1.807) is 4.90 Å². The molecule has 2 aliphatic rings. The Labute approximate surface area is 196 Å². The Morgan fingerprint density at radius 2 is 1.70 bits per heavy atom. The normalized spacial score (nSPS) is 17.4. The smallest absolute Gasteiger partial charge is 0.243 e. The number of fused-ring (bicyclic) bond motifs is 1. The lowest BCUT2D eigenvalue weighted by atomic mass is 10.2. The largest absolute Gasteiger partial charge is 0.339 e. The molecule has 0 N–H and O–H groups in total. The number of aromatic nitrogens is 2. The lowest BCUT2D eigenvalue weighted by molar-refractivity contribution is -0.129. The van der Waals surface area contributed by atoms with Gasteiger partial charge >= 0.3 is 0 Å². The number of carbonyl (C=O) groups is 1. The Balaban J connectivity index is 1.22. The van der Waals surface area contributed by atoms with Crippen molar-refractivity contribution in [3.63, 3.8) is 0 Å². The van der Waals surface area contributed by atoms with Crippen molar-refractivity contribution in [1.29, 1.82) is 0 Å². The van der Waals surface area contributed by atoms with E-state index in [0.717, 1.165) is 46.7 Å². The van der Waals surface area contributed by atoms with Crippen molar-refractivity contribution in [2.45, 2.75) is 28.7 Å². The number of piperazine rings is 1. The summed E-state index contributed by atoms with van der Waals surface area (Å²) in [5, 5.41) is 1.75. The molecule has 0 atom stereocenters. The highest BCUT2D eigenvalue weighted by atomic mass is 32.2. The van der Waals surface area contributed by atoms with Gasteiger partial charge in [0.1, 0.15) is 16.7 Å².